The molecule has 0 bridgehead atoms. The molecule has 1 aromatic rings. The number of imidazole rings is 1. The summed E-state index contributed by atoms with van der Waals surface area (Å²) in [5.41, 5.74) is 1.96. The third kappa shape index (κ3) is 3.25. The largest absolute Gasteiger partial charge is 0.392 e. The van der Waals surface area contributed by atoms with Gasteiger partial charge in [-0.25, -0.2) is 4.98 Å². The summed E-state index contributed by atoms with van der Waals surface area (Å²) in [7, 11) is 1.93. The summed E-state index contributed by atoms with van der Waals surface area (Å²) in [5, 5.41) is 8.61. The fourth-order valence-corrected chi connectivity index (χ4v) is 0.948. The lowest BCUT2D eigenvalue weighted by Gasteiger charge is -1.88. The Morgan fingerprint density at radius 3 is 3.00 bits per heavy atom. The topological polar surface area (TPSA) is 38.0 Å². The van der Waals surface area contributed by atoms with E-state index in [0.29, 0.717) is 0 Å². The highest BCUT2D eigenvalue weighted by Crippen LogP contribution is 2.01. The van der Waals surface area contributed by atoms with Gasteiger partial charge >= 0.3 is 0 Å². The molecule has 1 N–H and O–H groups in total. The van der Waals surface area contributed by atoms with E-state index in [1.165, 1.54) is 0 Å². The number of rotatable bonds is 3. The molecule has 0 radical (unpaired) electrons. The van der Waals surface area contributed by atoms with Crippen LogP contribution in [0.3, 0.4) is 0 Å². The van der Waals surface area contributed by atoms with Crippen LogP contribution >= 0.6 is 0 Å². The van der Waals surface area contributed by atoms with Gasteiger partial charge in [-0.05, 0) is 13.0 Å². The Balaban J connectivity index is 2.63. The number of aromatic nitrogens is 2. The van der Waals surface area contributed by atoms with Gasteiger partial charge in [-0.2, -0.15) is 0 Å². The molecule has 70 valence electrons. The smallest absolute Gasteiger partial charge is 0.0950 e. The van der Waals surface area contributed by atoms with Crippen LogP contribution in [-0.4, -0.2) is 21.3 Å². The van der Waals surface area contributed by atoms with Crippen LogP contribution in [0, 0.1) is 0 Å². The van der Waals surface area contributed by atoms with Gasteiger partial charge in [0.05, 0.1) is 18.6 Å². The highest BCUT2D eigenvalue weighted by atomic mass is 16.2. The molecule has 0 aliphatic carbocycles. The second kappa shape index (κ2) is 4.62. The summed E-state index contributed by atoms with van der Waals surface area (Å²) in [6.45, 7) is 2.02. The van der Waals surface area contributed by atoms with Crippen LogP contribution in [0.25, 0.3) is 6.08 Å². The van der Waals surface area contributed by atoms with Gasteiger partial charge in [0.15, 0.2) is 0 Å². The van der Waals surface area contributed by atoms with E-state index in [4.69, 9.17) is 5.11 Å². The number of aryl methyl sites for hydroxylation is 1. The van der Waals surface area contributed by atoms with Crippen LogP contribution in [0.15, 0.2) is 30.2 Å². The van der Waals surface area contributed by atoms with Crippen LogP contribution in [-0.2, 0) is 7.05 Å². The Hall–Kier alpha value is -1.35. The minimum Gasteiger partial charge on any atom is -0.392 e. The normalized spacial score (nSPS) is 12.7. The highest BCUT2D eigenvalue weighted by Gasteiger charge is 1.89. The van der Waals surface area contributed by atoms with Gasteiger partial charge < -0.3 is 9.67 Å². The average molecular weight is 178 g/mol. The van der Waals surface area contributed by atoms with Gasteiger partial charge in [-0.3, -0.25) is 0 Å². The fraction of sp³-hybridized carbons (Fsp3) is 0.300. The summed E-state index contributed by atoms with van der Waals surface area (Å²) in [6.07, 6.45) is 9.28. The maximum atomic E-state index is 8.61. The van der Waals surface area contributed by atoms with Crippen molar-refractivity contribution in [1.29, 1.82) is 0 Å². The van der Waals surface area contributed by atoms with Crippen molar-refractivity contribution < 1.29 is 5.11 Å². The molecule has 1 heterocycles. The molecule has 13 heavy (non-hydrogen) atoms. The van der Waals surface area contributed by atoms with Crippen molar-refractivity contribution in [2.24, 2.45) is 7.05 Å². The first-order valence-electron chi connectivity index (χ1n) is 4.16. The van der Waals surface area contributed by atoms with Crippen molar-refractivity contribution in [3.63, 3.8) is 0 Å². The molecule has 0 aliphatic heterocycles. The maximum absolute atomic E-state index is 8.61. The highest BCUT2D eigenvalue weighted by molar-refractivity contribution is 5.47. The summed E-state index contributed by atoms with van der Waals surface area (Å²) in [4.78, 5) is 4.13. The van der Waals surface area contributed by atoms with Crippen molar-refractivity contribution in [2.75, 3.05) is 6.61 Å². The molecule has 3 nitrogen and oxygen atoms in total. The summed E-state index contributed by atoms with van der Waals surface area (Å²) in [5.74, 6) is 0. The quantitative estimate of drug-likeness (QED) is 0.710. The fourth-order valence-electron chi connectivity index (χ4n) is 0.948. The molecule has 0 fully saturated rings. The zero-order chi connectivity index (χ0) is 9.68. The molecule has 0 aromatic carbocycles. The Bertz CT molecular complexity index is 323. The van der Waals surface area contributed by atoms with Crippen molar-refractivity contribution in [1.82, 2.24) is 9.55 Å². The minimum absolute atomic E-state index is 0.0817. The van der Waals surface area contributed by atoms with E-state index >= 15 is 0 Å². The zero-order valence-electron chi connectivity index (χ0n) is 7.94. The van der Waals surface area contributed by atoms with Crippen LogP contribution < -0.4 is 0 Å². The molecule has 1 rings (SSSR count). The average Bonchev–Trinajstić information content (AvgIpc) is 2.49. The third-order valence-electron chi connectivity index (χ3n) is 1.66. The number of aliphatic hydroxyl groups excluding tert-OH is 1. The van der Waals surface area contributed by atoms with Crippen LogP contribution in [0.2, 0.25) is 0 Å². The first-order chi connectivity index (χ1) is 6.22. The predicted octanol–water partition coefficient (Wildman–Crippen LogP) is 1.37. The van der Waals surface area contributed by atoms with E-state index in [0.717, 1.165) is 11.3 Å². The van der Waals surface area contributed by atoms with Crippen molar-refractivity contribution >= 4 is 6.08 Å². The van der Waals surface area contributed by atoms with Crippen LogP contribution in [0.4, 0.5) is 0 Å². The summed E-state index contributed by atoms with van der Waals surface area (Å²) in [6, 6.07) is 0. The lowest BCUT2D eigenvalue weighted by atomic mass is 10.2. The second-order valence-electron chi connectivity index (χ2n) is 2.93. The lowest BCUT2D eigenvalue weighted by molar-refractivity contribution is 0.342. The van der Waals surface area contributed by atoms with Crippen molar-refractivity contribution in [2.45, 2.75) is 6.92 Å². The van der Waals surface area contributed by atoms with Crippen LogP contribution in [0.1, 0.15) is 12.6 Å². The monoisotopic (exact) mass is 178 g/mol. The first kappa shape index (κ1) is 9.74. The van der Waals surface area contributed by atoms with Crippen molar-refractivity contribution in [3.05, 3.63) is 35.9 Å². The van der Waals surface area contributed by atoms with E-state index in [1.807, 2.05) is 36.9 Å². The van der Waals surface area contributed by atoms with Crippen molar-refractivity contribution in [3.8, 4) is 0 Å². The standard InChI is InChI=1S/C10H14N2O/c1-9(5-6-13)3-4-10-7-12(2)8-11-10/h3-5,7-8,13H,6H2,1-2H3/b4-3+,9-5+. The molecule has 1 aromatic heterocycles. The molecular formula is C10H14N2O. The van der Waals surface area contributed by atoms with E-state index in [2.05, 4.69) is 4.98 Å². The lowest BCUT2D eigenvalue weighted by Crippen LogP contribution is -1.77. The molecule has 0 saturated carbocycles. The first-order valence-corrected chi connectivity index (χ1v) is 4.16. The molecule has 0 unspecified atom stereocenters. The van der Waals surface area contributed by atoms with E-state index in [9.17, 15) is 0 Å². The Labute approximate surface area is 78.0 Å². The van der Waals surface area contributed by atoms with Gasteiger partial charge in [-0.15, -0.1) is 0 Å². The number of allylic oxidation sites excluding steroid dienone is 2. The Morgan fingerprint density at radius 1 is 1.69 bits per heavy atom. The Morgan fingerprint density at radius 2 is 2.46 bits per heavy atom. The van der Waals surface area contributed by atoms with Crippen LogP contribution in [0.5, 0.6) is 0 Å². The van der Waals surface area contributed by atoms with Gasteiger partial charge in [0.2, 0.25) is 0 Å². The third-order valence-corrected chi connectivity index (χ3v) is 1.66. The molecule has 0 saturated heterocycles. The number of nitrogens with zero attached hydrogens (tertiary/aromatic N) is 2. The van der Waals surface area contributed by atoms with Gasteiger partial charge in [-0.1, -0.05) is 17.7 Å². The molecule has 3 heteroatoms. The molecule has 0 spiro atoms. The second-order valence-corrected chi connectivity index (χ2v) is 2.93. The van der Waals surface area contributed by atoms with E-state index in [1.54, 1.807) is 12.4 Å². The van der Waals surface area contributed by atoms with Gasteiger partial charge in [0, 0.05) is 13.2 Å². The molecule has 0 aliphatic rings. The summed E-state index contributed by atoms with van der Waals surface area (Å²) >= 11 is 0. The molecular weight excluding hydrogens is 164 g/mol. The Kier molecular flexibility index (Phi) is 3.46. The van der Waals surface area contributed by atoms with Gasteiger partial charge in [0.25, 0.3) is 0 Å². The number of hydrogen-bond donors (Lipinski definition) is 1. The number of hydrogen-bond acceptors (Lipinski definition) is 2. The molecule has 0 amide bonds. The van der Waals surface area contributed by atoms with E-state index < -0.39 is 0 Å². The number of aliphatic hydroxyl groups is 1. The van der Waals surface area contributed by atoms with Gasteiger partial charge in [0.1, 0.15) is 0 Å². The minimum atomic E-state index is 0.0817. The molecule has 0 atom stereocenters. The summed E-state index contributed by atoms with van der Waals surface area (Å²) < 4.78 is 1.89. The maximum Gasteiger partial charge on any atom is 0.0950 e. The zero-order valence-corrected chi connectivity index (χ0v) is 7.94. The predicted molar refractivity (Wildman–Crippen MR) is 53.1 cm³/mol. The van der Waals surface area contributed by atoms with E-state index in [-0.39, 0.29) is 6.61 Å². The SMILES string of the molecule is CC(/C=C/c1cn(C)cn1)=C\CO.